The third-order valence-electron chi connectivity index (χ3n) is 2.85. The Kier molecular flexibility index (Phi) is 3.32. The van der Waals surface area contributed by atoms with E-state index >= 15 is 0 Å². The molecule has 0 saturated carbocycles. The number of hydrogen-bond acceptors (Lipinski definition) is 1. The standard InChI is InChI=1S/C9H18N2S/c1-7-5-4-6-11(8(7)2)9(12)10-3/h7-8H,4-6H2,1-3H3,(H,10,12). The van der Waals surface area contributed by atoms with E-state index in [0.717, 1.165) is 17.6 Å². The molecule has 3 heteroatoms. The van der Waals surface area contributed by atoms with Gasteiger partial charge in [0.1, 0.15) is 0 Å². The third-order valence-corrected chi connectivity index (χ3v) is 3.29. The van der Waals surface area contributed by atoms with Crippen molar-refractivity contribution in [2.75, 3.05) is 13.6 Å². The first-order valence-corrected chi connectivity index (χ1v) is 5.06. The highest BCUT2D eigenvalue weighted by Gasteiger charge is 2.25. The molecule has 0 amide bonds. The topological polar surface area (TPSA) is 15.3 Å². The fourth-order valence-corrected chi connectivity index (χ4v) is 2.02. The van der Waals surface area contributed by atoms with Gasteiger partial charge in [-0.25, -0.2) is 0 Å². The molecule has 2 unspecified atom stereocenters. The van der Waals surface area contributed by atoms with Crippen molar-refractivity contribution in [1.82, 2.24) is 10.2 Å². The summed E-state index contributed by atoms with van der Waals surface area (Å²) in [6, 6.07) is 0.596. The van der Waals surface area contributed by atoms with Crippen LogP contribution < -0.4 is 5.32 Å². The molecule has 1 heterocycles. The van der Waals surface area contributed by atoms with Crippen LogP contribution in [0.5, 0.6) is 0 Å². The fourth-order valence-electron chi connectivity index (χ4n) is 1.77. The summed E-state index contributed by atoms with van der Waals surface area (Å²) in [5, 5.41) is 3.94. The molecule has 2 nitrogen and oxygen atoms in total. The second kappa shape index (κ2) is 4.08. The molecule has 1 fully saturated rings. The van der Waals surface area contributed by atoms with Crippen molar-refractivity contribution in [3.63, 3.8) is 0 Å². The Morgan fingerprint density at radius 3 is 2.75 bits per heavy atom. The van der Waals surface area contributed by atoms with Gasteiger partial charge in [0.2, 0.25) is 0 Å². The van der Waals surface area contributed by atoms with E-state index in [1.54, 1.807) is 0 Å². The van der Waals surface area contributed by atoms with Crippen LogP contribution in [0.3, 0.4) is 0 Å². The minimum absolute atomic E-state index is 0.596. The molecular formula is C9H18N2S. The minimum atomic E-state index is 0.596. The molecule has 0 aromatic carbocycles. The number of hydrogen-bond donors (Lipinski definition) is 1. The lowest BCUT2D eigenvalue weighted by Gasteiger charge is -2.39. The summed E-state index contributed by atoms with van der Waals surface area (Å²) in [4.78, 5) is 2.30. The maximum Gasteiger partial charge on any atom is 0.168 e. The molecule has 1 aliphatic heterocycles. The van der Waals surface area contributed by atoms with Gasteiger partial charge in [0.25, 0.3) is 0 Å². The molecule has 1 N–H and O–H groups in total. The molecule has 1 aliphatic rings. The Hall–Kier alpha value is -0.310. The van der Waals surface area contributed by atoms with E-state index < -0.39 is 0 Å². The average molecular weight is 186 g/mol. The van der Waals surface area contributed by atoms with Crippen molar-refractivity contribution >= 4 is 17.3 Å². The van der Waals surface area contributed by atoms with Crippen molar-refractivity contribution in [2.45, 2.75) is 32.7 Å². The molecule has 0 aromatic rings. The van der Waals surface area contributed by atoms with Crippen molar-refractivity contribution in [2.24, 2.45) is 5.92 Å². The van der Waals surface area contributed by atoms with Gasteiger partial charge in [0, 0.05) is 19.6 Å². The van der Waals surface area contributed by atoms with E-state index in [2.05, 4.69) is 24.1 Å². The normalized spacial score (nSPS) is 30.1. The van der Waals surface area contributed by atoms with Gasteiger partial charge in [-0.1, -0.05) is 6.92 Å². The lowest BCUT2D eigenvalue weighted by molar-refractivity contribution is 0.190. The SMILES string of the molecule is CNC(=S)N1CCCC(C)C1C. The molecular weight excluding hydrogens is 168 g/mol. The van der Waals surface area contributed by atoms with Gasteiger partial charge in [0.05, 0.1) is 0 Å². The predicted octanol–water partition coefficient (Wildman–Crippen LogP) is 1.61. The van der Waals surface area contributed by atoms with E-state index in [0.29, 0.717) is 6.04 Å². The van der Waals surface area contributed by atoms with Crippen LogP contribution in [0.2, 0.25) is 0 Å². The van der Waals surface area contributed by atoms with Crippen LogP contribution in [0.15, 0.2) is 0 Å². The Morgan fingerprint density at radius 1 is 1.50 bits per heavy atom. The average Bonchev–Trinajstić information content (AvgIpc) is 2.08. The molecule has 1 rings (SSSR count). The number of rotatable bonds is 0. The third kappa shape index (κ3) is 1.89. The summed E-state index contributed by atoms with van der Waals surface area (Å²) in [5.41, 5.74) is 0. The summed E-state index contributed by atoms with van der Waals surface area (Å²) < 4.78 is 0. The summed E-state index contributed by atoms with van der Waals surface area (Å²) in [6.45, 7) is 5.67. The summed E-state index contributed by atoms with van der Waals surface area (Å²) in [5.74, 6) is 0.769. The zero-order chi connectivity index (χ0) is 9.14. The van der Waals surface area contributed by atoms with Gasteiger partial charge in [-0.2, -0.15) is 0 Å². The van der Waals surface area contributed by atoms with Crippen LogP contribution in [-0.4, -0.2) is 29.6 Å². The van der Waals surface area contributed by atoms with Crippen molar-refractivity contribution in [3.8, 4) is 0 Å². The molecule has 0 bridgehead atoms. The summed E-state index contributed by atoms with van der Waals surface area (Å²) in [7, 11) is 1.90. The first-order valence-electron chi connectivity index (χ1n) is 4.65. The molecule has 12 heavy (non-hydrogen) atoms. The van der Waals surface area contributed by atoms with Gasteiger partial charge in [-0.15, -0.1) is 0 Å². The molecule has 0 aromatic heterocycles. The molecule has 0 spiro atoms. The van der Waals surface area contributed by atoms with E-state index in [1.165, 1.54) is 12.8 Å². The Bertz CT molecular complexity index is 170. The number of thiocarbonyl (C=S) groups is 1. The highest BCUT2D eigenvalue weighted by atomic mass is 32.1. The maximum atomic E-state index is 5.22. The lowest BCUT2D eigenvalue weighted by Crippen LogP contribution is -2.49. The lowest BCUT2D eigenvalue weighted by atomic mass is 9.92. The van der Waals surface area contributed by atoms with Crippen LogP contribution in [0.25, 0.3) is 0 Å². The number of likely N-dealkylation sites (tertiary alicyclic amines) is 1. The molecule has 0 aliphatic carbocycles. The maximum absolute atomic E-state index is 5.22. The van der Waals surface area contributed by atoms with Crippen molar-refractivity contribution in [3.05, 3.63) is 0 Å². The monoisotopic (exact) mass is 186 g/mol. The van der Waals surface area contributed by atoms with Crippen LogP contribution in [-0.2, 0) is 0 Å². The van der Waals surface area contributed by atoms with E-state index in [-0.39, 0.29) is 0 Å². The second-order valence-corrected chi connectivity index (χ2v) is 4.00. The molecule has 1 saturated heterocycles. The zero-order valence-electron chi connectivity index (χ0n) is 8.13. The second-order valence-electron chi connectivity index (χ2n) is 3.61. The Labute approximate surface area is 80.3 Å². The van der Waals surface area contributed by atoms with Gasteiger partial charge >= 0.3 is 0 Å². The van der Waals surface area contributed by atoms with Gasteiger partial charge in [-0.3, -0.25) is 0 Å². The number of nitrogens with one attached hydrogen (secondary N) is 1. The highest BCUT2D eigenvalue weighted by molar-refractivity contribution is 7.80. The van der Waals surface area contributed by atoms with Gasteiger partial charge in [0.15, 0.2) is 5.11 Å². The molecule has 70 valence electrons. The predicted molar refractivity (Wildman–Crippen MR) is 56.2 cm³/mol. The first-order chi connectivity index (χ1) is 5.66. The zero-order valence-corrected chi connectivity index (χ0v) is 8.95. The highest BCUT2D eigenvalue weighted by Crippen LogP contribution is 2.22. The van der Waals surface area contributed by atoms with Crippen LogP contribution >= 0.6 is 12.2 Å². The Morgan fingerprint density at radius 2 is 2.17 bits per heavy atom. The molecule has 2 atom stereocenters. The van der Waals surface area contributed by atoms with Crippen LogP contribution in [0, 0.1) is 5.92 Å². The van der Waals surface area contributed by atoms with Crippen LogP contribution in [0.4, 0.5) is 0 Å². The van der Waals surface area contributed by atoms with E-state index in [1.807, 2.05) is 7.05 Å². The smallest absolute Gasteiger partial charge is 0.168 e. The quantitative estimate of drug-likeness (QED) is 0.579. The van der Waals surface area contributed by atoms with E-state index in [4.69, 9.17) is 12.2 Å². The number of piperidine rings is 1. The first kappa shape index (κ1) is 9.78. The van der Waals surface area contributed by atoms with Crippen molar-refractivity contribution < 1.29 is 0 Å². The number of nitrogens with zero attached hydrogens (tertiary/aromatic N) is 1. The van der Waals surface area contributed by atoms with Crippen LogP contribution in [0.1, 0.15) is 26.7 Å². The van der Waals surface area contributed by atoms with E-state index in [9.17, 15) is 0 Å². The minimum Gasteiger partial charge on any atom is -0.366 e. The van der Waals surface area contributed by atoms with Gasteiger partial charge < -0.3 is 10.2 Å². The fraction of sp³-hybridized carbons (Fsp3) is 0.889. The largest absolute Gasteiger partial charge is 0.366 e. The summed E-state index contributed by atoms with van der Waals surface area (Å²) >= 11 is 5.22. The summed E-state index contributed by atoms with van der Waals surface area (Å²) in [6.07, 6.45) is 2.61. The molecule has 0 radical (unpaired) electrons. The Balaban J connectivity index is 2.57. The van der Waals surface area contributed by atoms with Crippen molar-refractivity contribution in [1.29, 1.82) is 0 Å². The van der Waals surface area contributed by atoms with Gasteiger partial charge in [-0.05, 0) is 37.9 Å².